The third-order valence-electron chi connectivity index (χ3n) is 2.48. The fourth-order valence-corrected chi connectivity index (χ4v) is 1.54. The Kier molecular flexibility index (Phi) is 4.60. The van der Waals surface area contributed by atoms with Gasteiger partial charge in [-0.25, -0.2) is 5.43 Å². The first kappa shape index (κ1) is 14.2. The molecule has 2 aromatic rings. The molecule has 7 heteroatoms. The first-order valence-electron chi connectivity index (χ1n) is 5.95. The highest BCUT2D eigenvalue weighted by Gasteiger charge is 2.08. The van der Waals surface area contributed by atoms with Crippen molar-refractivity contribution in [2.75, 3.05) is 0 Å². The largest absolute Gasteiger partial charge is 0.459 e. The molecule has 0 aliphatic rings. The maximum atomic E-state index is 11.5. The van der Waals surface area contributed by atoms with Crippen LogP contribution in [0.4, 0.5) is 5.69 Å². The van der Waals surface area contributed by atoms with E-state index < -0.39 is 10.8 Å². The Labute approximate surface area is 119 Å². The van der Waals surface area contributed by atoms with Crippen LogP contribution < -0.4 is 5.43 Å². The number of para-hydroxylation sites is 1. The van der Waals surface area contributed by atoms with Crippen LogP contribution in [-0.2, 0) is 0 Å². The van der Waals surface area contributed by atoms with E-state index in [1.165, 1.54) is 36.8 Å². The lowest BCUT2D eigenvalue weighted by Crippen LogP contribution is -2.16. The van der Waals surface area contributed by atoms with Gasteiger partial charge in [0, 0.05) is 12.3 Å². The van der Waals surface area contributed by atoms with Gasteiger partial charge in [0.1, 0.15) is 0 Å². The second-order valence-corrected chi connectivity index (χ2v) is 3.87. The van der Waals surface area contributed by atoms with Gasteiger partial charge in [0.05, 0.1) is 16.7 Å². The summed E-state index contributed by atoms with van der Waals surface area (Å²) < 4.78 is 4.88. The first-order valence-corrected chi connectivity index (χ1v) is 5.95. The molecule has 0 unspecified atom stereocenters. The molecule has 0 aliphatic carbocycles. The maximum Gasteiger partial charge on any atom is 0.307 e. The number of allylic oxidation sites excluding steroid dienone is 1. The smallest absolute Gasteiger partial charge is 0.307 e. The number of nitrogens with one attached hydrogen (secondary N) is 1. The molecule has 106 valence electrons. The zero-order chi connectivity index (χ0) is 15.1. The standard InChI is InChI=1S/C14H11N3O4/c18-14(13-8-4-10-21-13)16-15-9-3-6-11-5-1-2-7-12(11)17(19)20/h1-10H,(H,16,18)/b6-3+,15-9-. The molecule has 0 bridgehead atoms. The van der Waals surface area contributed by atoms with Crippen LogP contribution in [0.2, 0.25) is 0 Å². The van der Waals surface area contributed by atoms with E-state index in [0.29, 0.717) is 5.56 Å². The summed E-state index contributed by atoms with van der Waals surface area (Å²) in [5.41, 5.74) is 2.71. The number of furan rings is 1. The Morgan fingerprint density at radius 1 is 1.29 bits per heavy atom. The summed E-state index contributed by atoms with van der Waals surface area (Å²) in [5.74, 6) is -0.329. The van der Waals surface area contributed by atoms with Crippen molar-refractivity contribution < 1.29 is 14.1 Å². The molecule has 1 aromatic heterocycles. The van der Waals surface area contributed by atoms with Crippen LogP contribution in [0.25, 0.3) is 6.08 Å². The van der Waals surface area contributed by atoms with Crippen molar-refractivity contribution in [2.24, 2.45) is 5.10 Å². The summed E-state index contributed by atoms with van der Waals surface area (Å²) in [6, 6.07) is 9.41. The SMILES string of the molecule is O=C(N/N=C\C=C\c1ccccc1[N+](=O)[O-])c1ccco1. The lowest BCUT2D eigenvalue weighted by Gasteiger charge is -1.95. The summed E-state index contributed by atoms with van der Waals surface area (Å²) in [5, 5.41) is 14.5. The van der Waals surface area contributed by atoms with Crippen molar-refractivity contribution in [3.05, 3.63) is 70.2 Å². The Morgan fingerprint density at radius 3 is 2.81 bits per heavy atom. The molecule has 0 fully saturated rings. The first-order chi connectivity index (χ1) is 10.2. The number of hydrogen-bond donors (Lipinski definition) is 1. The molecular formula is C14H11N3O4. The molecule has 1 amide bonds. The molecule has 0 saturated carbocycles. The number of amides is 1. The van der Waals surface area contributed by atoms with E-state index in [0.717, 1.165) is 0 Å². The Balaban J connectivity index is 1.95. The lowest BCUT2D eigenvalue weighted by molar-refractivity contribution is -0.385. The molecule has 1 aromatic carbocycles. The summed E-state index contributed by atoms with van der Waals surface area (Å²) in [6.45, 7) is 0. The number of hydrazone groups is 1. The third-order valence-corrected chi connectivity index (χ3v) is 2.48. The van der Waals surface area contributed by atoms with Crippen LogP contribution in [0.3, 0.4) is 0 Å². The summed E-state index contributed by atoms with van der Waals surface area (Å²) >= 11 is 0. The van der Waals surface area contributed by atoms with Crippen LogP contribution in [0.1, 0.15) is 16.1 Å². The number of carbonyl (C=O) groups excluding carboxylic acids is 1. The van der Waals surface area contributed by atoms with E-state index in [4.69, 9.17) is 4.42 Å². The van der Waals surface area contributed by atoms with Crippen LogP contribution in [0.15, 0.2) is 58.3 Å². The number of benzene rings is 1. The number of nitro benzene ring substituents is 1. The summed E-state index contributed by atoms with van der Waals surface area (Å²) in [4.78, 5) is 21.8. The summed E-state index contributed by atoms with van der Waals surface area (Å²) in [7, 11) is 0. The Bertz CT molecular complexity index is 690. The number of carbonyl (C=O) groups is 1. The molecule has 0 spiro atoms. The van der Waals surface area contributed by atoms with E-state index >= 15 is 0 Å². The average Bonchev–Trinajstić information content (AvgIpc) is 3.01. The third kappa shape index (κ3) is 3.87. The second kappa shape index (κ2) is 6.80. The number of nitro groups is 1. The average molecular weight is 285 g/mol. The Hall–Kier alpha value is -3.22. The predicted molar refractivity (Wildman–Crippen MR) is 76.8 cm³/mol. The van der Waals surface area contributed by atoms with E-state index in [1.807, 2.05) is 0 Å². The summed E-state index contributed by atoms with van der Waals surface area (Å²) in [6.07, 6.45) is 5.72. The minimum atomic E-state index is -0.477. The molecule has 21 heavy (non-hydrogen) atoms. The predicted octanol–water partition coefficient (Wildman–Crippen LogP) is 2.62. The fourth-order valence-electron chi connectivity index (χ4n) is 1.54. The minimum absolute atomic E-state index is 0.00164. The normalized spacial score (nSPS) is 11.0. The number of nitrogens with zero attached hydrogens (tertiary/aromatic N) is 2. The Morgan fingerprint density at radius 2 is 2.10 bits per heavy atom. The van der Waals surface area contributed by atoms with Crippen LogP contribution in [0.5, 0.6) is 0 Å². The zero-order valence-corrected chi connectivity index (χ0v) is 10.8. The number of rotatable bonds is 5. The molecule has 1 heterocycles. The van der Waals surface area contributed by atoms with Gasteiger partial charge in [-0.05, 0) is 30.4 Å². The van der Waals surface area contributed by atoms with Gasteiger partial charge in [0.2, 0.25) is 0 Å². The van der Waals surface area contributed by atoms with Crippen molar-refractivity contribution >= 4 is 23.9 Å². The van der Waals surface area contributed by atoms with Crippen LogP contribution >= 0.6 is 0 Å². The fraction of sp³-hybridized carbons (Fsp3) is 0. The van der Waals surface area contributed by atoms with E-state index in [2.05, 4.69) is 10.5 Å². The molecule has 7 nitrogen and oxygen atoms in total. The van der Waals surface area contributed by atoms with Gasteiger partial charge in [-0.2, -0.15) is 5.10 Å². The number of hydrogen-bond acceptors (Lipinski definition) is 5. The van der Waals surface area contributed by atoms with Crippen molar-refractivity contribution in [1.82, 2.24) is 5.43 Å². The monoisotopic (exact) mass is 285 g/mol. The van der Waals surface area contributed by atoms with Crippen LogP contribution in [0, 0.1) is 10.1 Å². The second-order valence-electron chi connectivity index (χ2n) is 3.87. The maximum absolute atomic E-state index is 11.5. The van der Waals surface area contributed by atoms with Gasteiger partial charge in [0.25, 0.3) is 5.69 Å². The van der Waals surface area contributed by atoms with Crippen molar-refractivity contribution in [3.8, 4) is 0 Å². The van der Waals surface area contributed by atoms with Crippen LogP contribution in [-0.4, -0.2) is 17.0 Å². The zero-order valence-electron chi connectivity index (χ0n) is 10.8. The van der Waals surface area contributed by atoms with Gasteiger partial charge < -0.3 is 4.42 Å². The van der Waals surface area contributed by atoms with Crippen molar-refractivity contribution in [1.29, 1.82) is 0 Å². The van der Waals surface area contributed by atoms with E-state index in [1.54, 1.807) is 24.3 Å². The molecule has 1 N–H and O–H groups in total. The highest BCUT2D eigenvalue weighted by atomic mass is 16.6. The van der Waals surface area contributed by atoms with Gasteiger partial charge in [-0.1, -0.05) is 12.1 Å². The van der Waals surface area contributed by atoms with Crippen molar-refractivity contribution in [3.63, 3.8) is 0 Å². The highest BCUT2D eigenvalue weighted by Crippen LogP contribution is 2.18. The molecule has 0 atom stereocenters. The quantitative estimate of drug-likeness (QED) is 0.518. The molecular weight excluding hydrogens is 274 g/mol. The molecule has 0 radical (unpaired) electrons. The van der Waals surface area contributed by atoms with Gasteiger partial charge in [0.15, 0.2) is 5.76 Å². The van der Waals surface area contributed by atoms with E-state index in [-0.39, 0.29) is 11.4 Å². The van der Waals surface area contributed by atoms with Crippen molar-refractivity contribution in [2.45, 2.75) is 0 Å². The van der Waals surface area contributed by atoms with Gasteiger partial charge in [-0.3, -0.25) is 14.9 Å². The van der Waals surface area contributed by atoms with Gasteiger partial charge >= 0.3 is 5.91 Å². The van der Waals surface area contributed by atoms with Gasteiger partial charge in [-0.15, -0.1) is 0 Å². The minimum Gasteiger partial charge on any atom is -0.459 e. The van der Waals surface area contributed by atoms with E-state index in [9.17, 15) is 14.9 Å². The molecule has 0 saturated heterocycles. The lowest BCUT2D eigenvalue weighted by atomic mass is 10.2. The topological polar surface area (TPSA) is 97.7 Å². The molecule has 2 rings (SSSR count). The highest BCUT2D eigenvalue weighted by molar-refractivity contribution is 5.92. The molecule has 0 aliphatic heterocycles.